The van der Waals surface area contributed by atoms with Crippen LogP contribution in [-0.2, 0) is 4.74 Å². The van der Waals surface area contributed by atoms with Gasteiger partial charge < -0.3 is 24.6 Å². The van der Waals surface area contributed by atoms with Gasteiger partial charge in [-0.15, -0.1) is 0 Å². The Morgan fingerprint density at radius 3 is 2.32 bits per heavy atom. The van der Waals surface area contributed by atoms with Gasteiger partial charge in [0.1, 0.15) is 0 Å². The number of anilines is 2. The summed E-state index contributed by atoms with van der Waals surface area (Å²) in [6, 6.07) is 8.94. The van der Waals surface area contributed by atoms with E-state index in [1.165, 1.54) is 26.4 Å². The van der Waals surface area contributed by atoms with E-state index in [0.717, 1.165) is 37.9 Å². The maximum atomic E-state index is 12.9. The molecule has 2 aromatic rings. The van der Waals surface area contributed by atoms with Crippen molar-refractivity contribution >= 4 is 28.9 Å². The number of rotatable bonds is 6. The van der Waals surface area contributed by atoms with Gasteiger partial charge in [0.25, 0.3) is 5.91 Å². The van der Waals surface area contributed by atoms with E-state index in [1.54, 1.807) is 18.2 Å². The maximum Gasteiger partial charge on any atom is 0.337 e. The summed E-state index contributed by atoms with van der Waals surface area (Å²) in [5, 5.41) is 14.1. The Bertz CT molecular complexity index is 1000. The summed E-state index contributed by atoms with van der Waals surface area (Å²) in [5.41, 5.74) is 1.27. The van der Waals surface area contributed by atoms with E-state index in [1.807, 2.05) is 7.05 Å². The molecule has 1 fully saturated rings. The summed E-state index contributed by atoms with van der Waals surface area (Å²) in [6.45, 7) is 3.23. The summed E-state index contributed by atoms with van der Waals surface area (Å²) in [7, 11) is 4.64. The number of hydrogen-bond acceptors (Lipinski definition) is 8. The molecule has 0 atom stereocenters. The molecule has 1 saturated heterocycles. The first-order valence-corrected chi connectivity index (χ1v) is 9.63. The summed E-state index contributed by atoms with van der Waals surface area (Å²) in [4.78, 5) is 39.9. The largest absolute Gasteiger partial charge is 0.490 e. The summed E-state index contributed by atoms with van der Waals surface area (Å²) in [5.74, 6) is -1.00. The number of piperazine rings is 1. The zero-order valence-corrected chi connectivity index (χ0v) is 17.6. The molecule has 0 radical (unpaired) electrons. The normalized spacial score (nSPS) is 14.1. The van der Waals surface area contributed by atoms with Crippen LogP contribution in [0.4, 0.5) is 17.1 Å². The third-order valence-corrected chi connectivity index (χ3v) is 5.15. The Kier molecular flexibility index (Phi) is 6.71. The second kappa shape index (κ2) is 9.43. The number of amides is 1. The lowest BCUT2D eigenvalue weighted by molar-refractivity contribution is -0.385. The van der Waals surface area contributed by atoms with E-state index < -0.39 is 16.8 Å². The van der Waals surface area contributed by atoms with Crippen molar-refractivity contribution in [2.24, 2.45) is 0 Å². The standard InChI is InChI=1S/C21H24N4O6/c1-23-8-10-24(11-9-23)17-6-4-15(21(27)31-3)12-16(17)22-20(26)14-5-7-19(30-2)18(13-14)25(28)29/h4-7,12-13H,8-11H2,1-3H3,(H,22,26). The van der Waals surface area contributed by atoms with Crippen LogP contribution in [0.25, 0.3) is 0 Å². The van der Waals surface area contributed by atoms with Gasteiger partial charge in [0.05, 0.1) is 36.1 Å². The molecule has 1 N–H and O–H groups in total. The van der Waals surface area contributed by atoms with E-state index in [2.05, 4.69) is 15.1 Å². The number of carbonyl (C=O) groups is 2. The van der Waals surface area contributed by atoms with Gasteiger partial charge in [-0.2, -0.15) is 0 Å². The van der Waals surface area contributed by atoms with Crippen LogP contribution in [0.5, 0.6) is 5.75 Å². The van der Waals surface area contributed by atoms with Crippen molar-refractivity contribution in [3.63, 3.8) is 0 Å². The lowest BCUT2D eigenvalue weighted by Gasteiger charge is -2.35. The van der Waals surface area contributed by atoms with Crippen molar-refractivity contribution in [2.75, 3.05) is 57.7 Å². The Morgan fingerprint density at radius 1 is 1.03 bits per heavy atom. The summed E-state index contributed by atoms with van der Waals surface area (Å²) >= 11 is 0. The average molecular weight is 428 g/mol. The van der Waals surface area contributed by atoms with E-state index in [0.29, 0.717) is 5.69 Å². The van der Waals surface area contributed by atoms with Gasteiger partial charge in [0, 0.05) is 37.8 Å². The first-order valence-electron chi connectivity index (χ1n) is 9.63. The van der Waals surface area contributed by atoms with Crippen LogP contribution in [0.2, 0.25) is 0 Å². The molecule has 1 aliphatic heterocycles. The molecule has 1 heterocycles. The second-order valence-electron chi connectivity index (χ2n) is 7.11. The Morgan fingerprint density at radius 2 is 1.71 bits per heavy atom. The van der Waals surface area contributed by atoms with Crippen molar-refractivity contribution in [3.8, 4) is 5.75 Å². The van der Waals surface area contributed by atoms with E-state index in [-0.39, 0.29) is 22.6 Å². The third-order valence-electron chi connectivity index (χ3n) is 5.15. The number of hydrogen-bond donors (Lipinski definition) is 1. The number of likely N-dealkylation sites (N-methyl/N-ethyl adjacent to an activating group) is 1. The summed E-state index contributed by atoms with van der Waals surface area (Å²) in [6.07, 6.45) is 0. The molecule has 1 aliphatic rings. The number of nitro groups is 1. The lowest BCUT2D eigenvalue weighted by Crippen LogP contribution is -2.44. The Balaban J connectivity index is 1.94. The third kappa shape index (κ3) is 4.92. The molecule has 0 unspecified atom stereocenters. The van der Waals surface area contributed by atoms with Gasteiger partial charge in [0.2, 0.25) is 0 Å². The predicted molar refractivity (Wildman–Crippen MR) is 115 cm³/mol. The molecule has 0 saturated carbocycles. The van der Waals surface area contributed by atoms with Crippen LogP contribution < -0.4 is 15.0 Å². The van der Waals surface area contributed by atoms with Crippen LogP contribution in [0.3, 0.4) is 0 Å². The van der Waals surface area contributed by atoms with E-state index >= 15 is 0 Å². The minimum Gasteiger partial charge on any atom is -0.490 e. The topological polar surface area (TPSA) is 114 Å². The fourth-order valence-corrected chi connectivity index (χ4v) is 3.37. The van der Waals surface area contributed by atoms with Gasteiger partial charge in [-0.25, -0.2) is 4.79 Å². The van der Waals surface area contributed by atoms with Gasteiger partial charge in [0.15, 0.2) is 5.75 Å². The first-order chi connectivity index (χ1) is 14.8. The molecule has 1 amide bonds. The molecule has 10 nitrogen and oxygen atoms in total. The van der Waals surface area contributed by atoms with Crippen LogP contribution in [0, 0.1) is 10.1 Å². The van der Waals surface area contributed by atoms with Gasteiger partial charge in [-0.05, 0) is 37.4 Å². The lowest BCUT2D eigenvalue weighted by atomic mass is 10.1. The van der Waals surface area contributed by atoms with Crippen LogP contribution in [-0.4, -0.2) is 69.1 Å². The monoisotopic (exact) mass is 428 g/mol. The number of esters is 1. The Hall–Kier alpha value is -3.66. The van der Waals surface area contributed by atoms with Gasteiger partial charge in [-0.1, -0.05) is 0 Å². The molecule has 2 aromatic carbocycles. The molecule has 3 rings (SSSR count). The van der Waals surface area contributed by atoms with Crippen molar-refractivity contribution < 1.29 is 24.0 Å². The number of carbonyl (C=O) groups excluding carboxylic acids is 2. The highest BCUT2D eigenvalue weighted by Gasteiger charge is 2.22. The number of nitrogens with one attached hydrogen (secondary N) is 1. The minimum absolute atomic E-state index is 0.0624. The number of benzene rings is 2. The Labute approximate surface area is 179 Å². The smallest absolute Gasteiger partial charge is 0.337 e. The average Bonchev–Trinajstić information content (AvgIpc) is 2.78. The molecule has 164 valence electrons. The molecule has 0 aromatic heterocycles. The predicted octanol–water partition coefficient (Wildman–Crippen LogP) is 2.39. The highest BCUT2D eigenvalue weighted by Crippen LogP contribution is 2.31. The van der Waals surface area contributed by atoms with Crippen LogP contribution >= 0.6 is 0 Å². The summed E-state index contributed by atoms with van der Waals surface area (Å²) < 4.78 is 9.77. The van der Waals surface area contributed by atoms with E-state index in [4.69, 9.17) is 9.47 Å². The SMILES string of the molecule is COC(=O)c1ccc(N2CCN(C)CC2)c(NC(=O)c2ccc(OC)c([N+](=O)[O-])c2)c1. The fraction of sp³-hybridized carbons (Fsp3) is 0.333. The van der Waals surface area contributed by atoms with Crippen molar-refractivity contribution in [3.05, 3.63) is 57.6 Å². The minimum atomic E-state index is -0.608. The number of nitro benzene ring substituents is 1. The highest BCUT2D eigenvalue weighted by atomic mass is 16.6. The second-order valence-corrected chi connectivity index (χ2v) is 7.11. The molecule has 10 heteroatoms. The zero-order chi connectivity index (χ0) is 22.5. The van der Waals surface area contributed by atoms with E-state index in [9.17, 15) is 19.7 Å². The number of nitrogens with zero attached hydrogens (tertiary/aromatic N) is 3. The molecular weight excluding hydrogens is 404 g/mol. The first kappa shape index (κ1) is 22.0. The van der Waals surface area contributed by atoms with Crippen molar-refractivity contribution in [2.45, 2.75) is 0 Å². The molecule has 31 heavy (non-hydrogen) atoms. The number of methoxy groups -OCH3 is 2. The van der Waals surface area contributed by atoms with Crippen molar-refractivity contribution in [1.29, 1.82) is 0 Å². The van der Waals surface area contributed by atoms with Crippen molar-refractivity contribution in [1.82, 2.24) is 4.90 Å². The molecule has 0 bridgehead atoms. The van der Waals surface area contributed by atoms with Gasteiger partial charge >= 0.3 is 11.7 Å². The quantitative estimate of drug-likeness (QED) is 0.424. The van der Waals surface area contributed by atoms with Gasteiger partial charge in [-0.3, -0.25) is 14.9 Å². The van der Waals surface area contributed by atoms with Crippen LogP contribution in [0.15, 0.2) is 36.4 Å². The molecule has 0 spiro atoms. The highest BCUT2D eigenvalue weighted by molar-refractivity contribution is 6.07. The maximum absolute atomic E-state index is 12.9. The number of ether oxygens (including phenoxy) is 2. The molecule has 0 aliphatic carbocycles. The zero-order valence-electron chi connectivity index (χ0n) is 17.6. The fourth-order valence-electron chi connectivity index (χ4n) is 3.37. The molecular formula is C21H24N4O6. The van der Waals surface area contributed by atoms with Crippen LogP contribution in [0.1, 0.15) is 20.7 Å².